The molecule has 1 saturated heterocycles. The third-order valence-corrected chi connectivity index (χ3v) is 5.62. The van der Waals surface area contributed by atoms with Crippen LogP contribution in [0.1, 0.15) is 53.4 Å². The van der Waals surface area contributed by atoms with E-state index in [-0.39, 0.29) is 41.4 Å². The van der Waals surface area contributed by atoms with Crippen molar-refractivity contribution in [3.8, 4) is 0 Å². The summed E-state index contributed by atoms with van der Waals surface area (Å²) in [6.45, 7) is 7.72. The molecule has 1 heterocycles. The Hall–Kier alpha value is -1.32. The van der Waals surface area contributed by atoms with Gasteiger partial charge in [0.1, 0.15) is 12.2 Å². The first-order valence-corrected chi connectivity index (χ1v) is 7.91. The number of esters is 2. The molecule has 0 bridgehead atoms. The maximum atomic E-state index is 12.0. The second kappa shape index (κ2) is 4.85. The van der Waals surface area contributed by atoms with Gasteiger partial charge >= 0.3 is 11.9 Å². The monoisotopic (exact) mass is 292 g/mol. The van der Waals surface area contributed by atoms with E-state index < -0.39 is 0 Å². The Morgan fingerprint density at radius 2 is 2.14 bits per heavy atom. The van der Waals surface area contributed by atoms with E-state index in [0.29, 0.717) is 0 Å². The molecule has 5 unspecified atom stereocenters. The number of hydrogen-bond acceptors (Lipinski definition) is 4. The molecule has 3 aliphatic rings. The fourth-order valence-corrected chi connectivity index (χ4v) is 4.73. The van der Waals surface area contributed by atoms with Gasteiger partial charge in [-0.25, -0.2) is 0 Å². The van der Waals surface area contributed by atoms with Crippen LogP contribution in [-0.2, 0) is 19.1 Å². The normalized spacial score (nSPS) is 42.2. The summed E-state index contributed by atoms with van der Waals surface area (Å²) in [5.41, 5.74) is 2.59. The van der Waals surface area contributed by atoms with Crippen LogP contribution in [0.3, 0.4) is 0 Å². The van der Waals surface area contributed by atoms with E-state index in [2.05, 4.69) is 13.8 Å². The summed E-state index contributed by atoms with van der Waals surface area (Å²) in [5, 5.41) is 0. The Morgan fingerprint density at radius 3 is 2.81 bits per heavy atom. The average Bonchev–Trinajstić information content (AvgIpc) is 2.62. The highest BCUT2D eigenvalue weighted by Crippen LogP contribution is 2.55. The van der Waals surface area contributed by atoms with Gasteiger partial charge in [-0.3, -0.25) is 9.59 Å². The lowest BCUT2D eigenvalue weighted by Gasteiger charge is -2.49. The number of rotatable bonds is 1. The lowest BCUT2D eigenvalue weighted by atomic mass is 9.58. The zero-order valence-corrected chi connectivity index (χ0v) is 13.3. The van der Waals surface area contributed by atoms with Crippen LogP contribution in [0.15, 0.2) is 11.1 Å². The van der Waals surface area contributed by atoms with Gasteiger partial charge < -0.3 is 9.47 Å². The second-order valence-electron chi connectivity index (χ2n) is 7.18. The lowest BCUT2D eigenvalue weighted by molar-refractivity contribution is -0.152. The number of carbonyl (C=O) groups excluding carboxylic acids is 2. The summed E-state index contributed by atoms with van der Waals surface area (Å²) in [5.74, 6) is -0.660. The molecule has 0 aromatic carbocycles. The van der Waals surface area contributed by atoms with Crippen molar-refractivity contribution in [3.63, 3.8) is 0 Å². The first-order chi connectivity index (χ1) is 9.83. The lowest BCUT2D eigenvalue weighted by Crippen LogP contribution is -2.49. The van der Waals surface area contributed by atoms with Gasteiger partial charge in [-0.05, 0) is 43.6 Å². The van der Waals surface area contributed by atoms with E-state index in [1.165, 1.54) is 18.1 Å². The van der Waals surface area contributed by atoms with Crippen LogP contribution in [0.4, 0.5) is 0 Å². The molecule has 2 aliphatic carbocycles. The zero-order chi connectivity index (χ0) is 15.4. The fourth-order valence-electron chi connectivity index (χ4n) is 4.73. The molecule has 0 N–H and O–H groups in total. The van der Waals surface area contributed by atoms with Crippen molar-refractivity contribution >= 4 is 11.9 Å². The summed E-state index contributed by atoms with van der Waals surface area (Å²) in [6, 6.07) is 0. The zero-order valence-electron chi connectivity index (χ0n) is 13.3. The van der Waals surface area contributed by atoms with Gasteiger partial charge in [-0.15, -0.1) is 0 Å². The van der Waals surface area contributed by atoms with Gasteiger partial charge in [-0.1, -0.05) is 19.4 Å². The minimum atomic E-state index is -0.298. The van der Waals surface area contributed by atoms with Gasteiger partial charge in [0.15, 0.2) is 0 Å². The smallest absolute Gasteiger partial charge is 0.309 e. The minimum Gasteiger partial charge on any atom is -0.462 e. The molecule has 21 heavy (non-hydrogen) atoms. The van der Waals surface area contributed by atoms with Crippen LogP contribution in [0.5, 0.6) is 0 Å². The standard InChI is InChI=1S/C17H24O4/c1-9-6-5-7-17(4)8-12-13(10(2)16(19)21-12)15(14(9)17)20-11(3)18/h10,12-13,15H,5-8H2,1-4H3. The highest BCUT2D eigenvalue weighted by atomic mass is 16.6. The molecule has 0 amide bonds. The summed E-state index contributed by atoms with van der Waals surface area (Å²) < 4.78 is 11.3. The Kier molecular flexibility index (Phi) is 3.38. The Morgan fingerprint density at radius 1 is 1.43 bits per heavy atom. The van der Waals surface area contributed by atoms with Gasteiger partial charge in [0.2, 0.25) is 0 Å². The number of carbonyl (C=O) groups is 2. The maximum absolute atomic E-state index is 12.0. The van der Waals surface area contributed by atoms with Crippen molar-refractivity contribution in [2.75, 3.05) is 0 Å². The van der Waals surface area contributed by atoms with E-state index in [1.54, 1.807) is 0 Å². The first kappa shape index (κ1) is 14.6. The number of fused-ring (bicyclic) bond motifs is 2. The molecule has 0 aromatic rings. The Balaban J connectivity index is 2.07. The van der Waals surface area contributed by atoms with E-state index >= 15 is 0 Å². The molecule has 116 valence electrons. The molecule has 2 fully saturated rings. The third kappa shape index (κ3) is 2.19. The Labute approximate surface area is 125 Å². The van der Waals surface area contributed by atoms with Crippen LogP contribution < -0.4 is 0 Å². The van der Waals surface area contributed by atoms with Crippen molar-refractivity contribution in [1.82, 2.24) is 0 Å². The number of allylic oxidation sites excluding steroid dienone is 1. The van der Waals surface area contributed by atoms with Gasteiger partial charge in [-0.2, -0.15) is 0 Å². The van der Waals surface area contributed by atoms with Crippen LogP contribution >= 0.6 is 0 Å². The highest BCUT2D eigenvalue weighted by molar-refractivity contribution is 5.76. The number of ether oxygens (including phenoxy) is 2. The molecular weight excluding hydrogens is 268 g/mol. The molecule has 4 nitrogen and oxygen atoms in total. The highest BCUT2D eigenvalue weighted by Gasteiger charge is 2.57. The van der Waals surface area contributed by atoms with Crippen molar-refractivity contribution in [2.24, 2.45) is 17.3 Å². The van der Waals surface area contributed by atoms with Crippen molar-refractivity contribution < 1.29 is 19.1 Å². The summed E-state index contributed by atoms with van der Waals surface area (Å²) in [7, 11) is 0. The molecule has 1 saturated carbocycles. The average molecular weight is 292 g/mol. The maximum Gasteiger partial charge on any atom is 0.309 e. The summed E-state index contributed by atoms with van der Waals surface area (Å²) in [6.07, 6.45) is 3.73. The van der Waals surface area contributed by atoms with Gasteiger partial charge in [0.05, 0.1) is 11.8 Å². The third-order valence-electron chi connectivity index (χ3n) is 5.62. The SMILES string of the molecule is CC(=O)OC1C2=C(C)CCCC2(C)CC2OC(=O)C(C)C21. The predicted octanol–water partition coefficient (Wildman–Crippen LogP) is 3.01. The molecule has 1 aliphatic heterocycles. The summed E-state index contributed by atoms with van der Waals surface area (Å²) in [4.78, 5) is 23.6. The number of hydrogen-bond donors (Lipinski definition) is 0. The van der Waals surface area contributed by atoms with Gasteiger partial charge in [0.25, 0.3) is 0 Å². The van der Waals surface area contributed by atoms with Crippen LogP contribution in [0.25, 0.3) is 0 Å². The molecule has 5 atom stereocenters. The fraction of sp³-hybridized carbons (Fsp3) is 0.765. The topological polar surface area (TPSA) is 52.6 Å². The van der Waals surface area contributed by atoms with E-state index in [0.717, 1.165) is 25.7 Å². The van der Waals surface area contributed by atoms with Crippen LogP contribution in [0.2, 0.25) is 0 Å². The van der Waals surface area contributed by atoms with Crippen molar-refractivity contribution in [2.45, 2.75) is 65.6 Å². The molecule has 3 rings (SSSR count). The van der Waals surface area contributed by atoms with E-state index in [4.69, 9.17) is 9.47 Å². The van der Waals surface area contributed by atoms with Crippen LogP contribution in [0, 0.1) is 17.3 Å². The first-order valence-electron chi connectivity index (χ1n) is 7.91. The Bertz CT molecular complexity index is 521. The molecule has 0 aromatic heterocycles. The predicted molar refractivity (Wildman–Crippen MR) is 77.4 cm³/mol. The molecule has 0 radical (unpaired) electrons. The van der Waals surface area contributed by atoms with E-state index in [9.17, 15) is 9.59 Å². The molecular formula is C17H24O4. The quantitative estimate of drug-likeness (QED) is 0.550. The largest absolute Gasteiger partial charge is 0.462 e. The van der Waals surface area contributed by atoms with E-state index in [1.807, 2.05) is 6.92 Å². The molecule has 4 heteroatoms. The minimum absolute atomic E-state index is 0.00600. The van der Waals surface area contributed by atoms with Crippen LogP contribution in [-0.4, -0.2) is 24.1 Å². The second-order valence-corrected chi connectivity index (χ2v) is 7.18. The molecule has 0 spiro atoms. The summed E-state index contributed by atoms with van der Waals surface area (Å²) >= 11 is 0. The van der Waals surface area contributed by atoms with Crippen molar-refractivity contribution in [3.05, 3.63) is 11.1 Å². The van der Waals surface area contributed by atoms with Crippen molar-refractivity contribution in [1.29, 1.82) is 0 Å². The van der Waals surface area contributed by atoms with Gasteiger partial charge in [0, 0.05) is 6.92 Å².